The van der Waals surface area contributed by atoms with Crippen molar-refractivity contribution in [3.05, 3.63) is 23.8 Å². The van der Waals surface area contributed by atoms with Crippen LogP contribution in [0.3, 0.4) is 0 Å². The summed E-state index contributed by atoms with van der Waals surface area (Å²) < 4.78 is 0. The first-order valence-corrected chi connectivity index (χ1v) is 5.15. The number of nitrogens with one attached hydrogen (secondary N) is 1. The molecule has 1 aromatic carbocycles. The predicted molar refractivity (Wildman–Crippen MR) is 62.5 cm³/mol. The summed E-state index contributed by atoms with van der Waals surface area (Å²) in [6, 6.07) is 1.69. The average molecular weight is 268 g/mol. The Morgan fingerprint density at radius 1 is 1.26 bits per heavy atom. The smallest absolute Gasteiger partial charge is 0.326 e. The molecule has 0 fully saturated rings. The number of carboxylic acid groups (broad SMARTS) is 1. The molecule has 0 bridgehead atoms. The molecule has 0 aliphatic heterocycles. The Bertz CT molecular complexity index is 528. The maximum atomic E-state index is 11.7. The maximum absolute atomic E-state index is 11.7. The summed E-state index contributed by atoms with van der Waals surface area (Å²) in [4.78, 5) is 33.2. The summed E-state index contributed by atoms with van der Waals surface area (Å²) >= 11 is 0. The molecule has 0 aliphatic carbocycles. The first-order valence-electron chi connectivity index (χ1n) is 5.15. The average Bonchev–Trinajstić information content (AvgIpc) is 2.30. The number of amides is 2. The highest BCUT2D eigenvalue weighted by Gasteiger charge is 2.24. The minimum Gasteiger partial charge on any atom is -0.508 e. The van der Waals surface area contributed by atoms with Gasteiger partial charge in [0.05, 0.1) is 12.0 Å². The summed E-state index contributed by atoms with van der Waals surface area (Å²) in [6.07, 6.45) is -0.583. The van der Waals surface area contributed by atoms with Gasteiger partial charge in [0, 0.05) is 0 Å². The number of aliphatic carboxylic acids is 1. The number of primary amides is 1. The molecule has 0 aliphatic rings. The van der Waals surface area contributed by atoms with Crippen LogP contribution in [0.25, 0.3) is 0 Å². The molecule has 0 spiro atoms. The van der Waals surface area contributed by atoms with Crippen molar-refractivity contribution in [2.45, 2.75) is 12.5 Å². The van der Waals surface area contributed by atoms with Gasteiger partial charge in [-0.3, -0.25) is 9.59 Å². The Kier molecular flexibility index (Phi) is 4.30. The van der Waals surface area contributed by atoms with Gasteiger partial charge in [-0.15, -0.1) is 0 Å². The van der Waals surface area contributed by atoms with Crippen LogP contribution in [0.15, 0.2) is 18.2 Å². The zero-order valence-electron chi connectivity index (χ0n) is 9.66. The number of carbonyl (C=O) groups excluding carboxylic acids is 2. The third-order valence-electron chi connectivity index (χ3n) is 2.23. The van der Waals surface area contributed by atoms with E-state index in [4.69, 9.17) is 10.8 Å². The van der Waals surface area contributed by atoms with E-state index in [0.29, 0.717) is 0 Å². The van der Waals surface area contributed by atoms with Crippen molar-refractivity contribution in [2.75, 3.05) is 0 Å². The van der Waals surface area contributed by atoms with Crippen LogP contribution in [-0.2, 0) is 9.59 Å². The monoisotopic (exact) mass is 268 g/mol. The molecule has 0 saturated carbocycles. The molecule has 1 aromatic rings. The first kappa shape index (κ1) is 14.3. The standard InChI is InChI=1S/C11H12N2O6/c12-9(16)4-7(11(18)19)13-10(17)6-3-5(14)1-2-8(6)15/h1-3,7,14-15H,4H2,(H2,12,16)(H,13,17)(H,18,19). The molecule has 0 saturated heterocycles. The van der Waals surface area contributed by atoms with Crippen LogP contribution < -0.4 is 11.1 Å². The van der Waals surface area contributed by atoms with E-state index in [2.05, 4.69) is 0 Å². The van der Waals surface area contributed by atoms with E-state index >= 15 is 0 Å². The largest absolute Gasteiger partial charge is 0.508 e. The Morgan fingerprint density at radius 3 is 2.42 bits per heavy atom. The number of hydrogen-bond acceptors (Lipinski definition) is 5. The molecule has 1 atom stereocenters. The van der Waals surface area contributed by atoms with Gasteiger partial charge in [-0.05, 0) is 18.2 Å². The number of carbonyl (C=O) groups is 3. The van der Waals surface area contributed by atoms with Gasteiger partial charge in [0.2, 0.25) is 5.91 Å². The van der Waals surface area contributed by atoms with Crippen molar-refractivity contribution >= 4 is 17.8 Å². The minimum absolute atomic E-state index is 0.273. The van der Waals surface area contributed by atoms with E-state index < -0.39 is 36.0 Å². The normalized spacial score (nSPS) is 11.6. The van der Waals surface area contributed by atoms with Gasteiger partial charge in [0.15, 0.2) is 0 Å². The molecule has 0 radical (unpaired) electrons. The van der Waals surface area contributed by atoms with Gasteiger partial charge in [0.1, 0.15) is 17.5 Å². The van der Waals surface area contributed by atoms with Crippen LogP contribution in [0, 0.1) is 0 Å². The van der Waals surface area contributed by atoms with Crippen LogP contribution in [0.2, 0.25) is 0 Å². The lowest BCUT2D eigenvalue weighted by Crippen LogP contribution is -2.43. The van der Waals surface area contributed by atoms with E-state index in [1.165, 1.54) is 0 Å². The van der Waals surface area contributed by atoms with Crippen LogP contribution in [0.1, 0.15) is 16.8 Å². The zero-order valence-corrected chi connectivity index (χ0v) is 9.66. The number of hydrogen-bond donors (Lipinski definition) is 5. The van der Waals surface area contributed by atoms with E-state index in [-0.39, 0.29) is 11.3 Å². The van der Waals surface area contributed by atoms with Gasteiger partial charge < -0.3 is 26.4 Å². The Labute approximate surface area is 107 Å². The first-order chi connectivity index (χ1) is 8.81. The van der Waals surface area contributed by atoms with Gasteiger partial charge in [-0.1, -0.05) is 0 Å². The van der Waals surface area contributed by atoms with Crippen molar-refractivity contribution in [3.63, 3.8) is 0 Å². The minimum atomic E-state index is -1.51. The van der Waals surface area contributed by atoms with Crippen LogP contribution in [0.5, 0.6) is 11.5 Å². The third-order valence-corrected chi connectivity index (χ3v) is 2.23. The predicted octanol–water partition coefficient (Wildman–Crippen LogP) is -0.844. The lowest BCUT2D eigenvalue weighted by atomic mass is 10.1. The van der Waals surface area contributed by atoms with E-state index in [1.54, 1.807) is 0 Å². The fraction of sp³-hybridized carbons (Fsp3) is 0.182. The van der Waals surface area contributed by atoms with E-state index in [0.717, 1.165) is 18.2 Å². The zero-order chi connectivity index (χ0) is 14.6. The van der Waals surface area contributed by atoms with E-state index in [1.807, 2.05) is 5.32 Å². The molecule has 1 rings (SSSR count). The molecule has 1 unspecified atom stereocenters. The molecule has 0 heterocycles. The highest BCUT2D eigenvalue weighted by molar-refractivity contribution is 5.99. The fourth-order valence-electron chi connectivity index (χ4n) is 1.34. The quantitative estimate of drug-likeness (QED) is 0.439. The van der Waals surface area contributed by atoms with Crippen LogP contribution in [0.4, 0.5) is 0 Å². The summed E-state index contributed by atoms with van der Waals surface area (Å²) in [5.74, 6) is -3.98. The highest BCUT2D eigenvalue weighted by atomic mass is 16.4. The molecular weight excluding hydrogens is 256 g/mol. The summed E-state index contributed by atoms with van der Waals surface area (Å²) in [5.41, 5.74) is 4.55. The maximum Gasteiger partial charge on any atom is 0.326 e. The second kappa shape index (κ2) is 5.71. The van der Waals surface area contributed by atoms with Crippen LogP contribution >= 0.6 is 0 Å². The lowest BCUT2D eigenvalue weighted by molar-refractivity contribution is -0.140. The molecule has 19 heavy (non-hydrogen) atoms. The Balaban J connectivity index is 2.90. The number of rotatable bonds is 5. The van der Waals surface area contributed by atoms with Gasteiger partial charge >= 0.3 is 5.97 Å². The van der Waals surface area contributed by atoms with Crippen molar-refractivity contribution in [1.29, 1.82) is 0 Å². The second-order valence-corrected chi connectivity index (χ2v) is 3.74. The molecular formula is C11H12N2O6. The molecule has 6 N–H and O–H groups in total. The molecule has 102 valence electrons. The van der Waals surface area contributed by atoms with Gasteiger partial charge in [-0.2, -0.15) is 0 Å². The van der Waals surface area contributed by atoms with Crippen molar-refractivity contribution in [3.8, 4) is 11.5 Å². The summed E-state index contributed by atoms with van der Waals surface area (Å²) in [6.45, 7) is 0. The lowest BCUT2D eigenvalue weighted by Gasteiger charge is -2.13. The Hall–Kier alpha value is -2.77. The van der Waals surface area contributed by atoms with Gasteiger partial charge in [-0.25, -0.2) is 4.79 Å². The third kappa shape index (κ3) is 3.87. The van der Waals surface area contributed by atoms with Gasteiger partial charge in [0.25, 0.3) is 5.91 Å². The number of benzene rings is 1. The number of nitrogens with two attached hydrogens (primary N) is 1. The molecule has 0 aromatic heterocycles. The molecule has 8 nitrogen and oxygen atoms in total. The van der Waals surface area contributed by atoms with Crippen molar-refractivity contribution in [2.24, 2.45) is 5.73 Å². The highest BCUT2D eigenvalue weighted by Crippen LogP contribution is 2.21. The number of phenols is 2. The number of carboxylic acids is 1. The van der Waals surface area contributed by atoms with E-state index in [9.17, 15) is 24.6 Å². The fourth-order valence-corrected chi connectivity index (χ4v) is 1.34. The van der Waals surface area contributed by atoms with Crippen molar-refractivity contribution < 1.29 is 29.7 Å². The molecule has 8 heteroatoms. The SMILES string of the molecule is NC(=O)CC(NC(=O)c1cc(O)ccc1O)C(=O)O. The number of aromatic hydroxyl groups is 2. The second-order valence-electron chi connectivity index (χ2n) is 3.74. The van der Waals surface area contributed by atoms with Crippen LogP contribution in [-0.4, -0.2) is 39.1 Å². The summed E-state index contributed by atoms with van der Waals surface area (Å²) in [5, 5.41) is 29.5. The van der Waals surface area contributed by atoms with Crippen molar-refractivity contribution in [1.82, 2.24) is 5.32 Å². The topological polar surface area (TPSA) is 150 Å². The molecule has 2 amide bonds. The number of phenolic OH excluding ortho intramolecular Hbond substituents is 2. The summed E-state index contributed by atoms with van der Waals surface area (Å²) in [7, 11) is 0. The Morgan fingerprint density at radius 2 is 1.89 bits per heavy atom.